The third-order valence-corrected chi connectivity index (χ3v) is 3.09. The lowest BCUT2D eigenvalue weighted by molar-refractivity contribution is -0.141. The molecule has 0 amide bonds. The number of hydrogen-bond donors (Lipinski definition) is 3. The number of guanidine groups is 1. The van der Waals surface area contributed by atoms with Crippen LogP contribution in [0.4, 0.5) is 13.2 Å². The Morgan fingerprint density at radius 1 is 1.58 bits per heavy atom. The van der Waals surface area contributed by atoms with Crippen LogP contribution in [0.1, 0.15) is 11.3 Å². The van der Waals surface area contributed by atoms with Gasteiger partial charge in [-0.05, 0) is 6.07 Å². The van der Waals surface area contributed by atoms with Gasteiger partial charge in [0.25, 0.3) is 0 Å². The largest absolute Gasteiger partial charge is 0.433 e. The highest BCUT2D eigenvalue weighted by Gasteiger charge is 2.31. The minimum absolute atomic E-state index is 0.190. The van der Waals surface area contributed by atoms with Crippen LogP contribution in [0.5, 0.6) is 0 Å². The van der Waals surface area contributed by atoms with Gasteiger partial charge in [0, 0.05) is 23.4 Å². The van der Waals surface area contributed by atoms with Gasteiger partial charge in [-0.3, -0.25) is 10.2 Å². The minimum Gasteiger partial charge on any atom is -0.367 e. The lowest BCUT2D eigenvalue weighted by Gasteiger charge is -2.05. The minimum atomic E-state index is -4.53. The van der Waals surface area contributed by atoms with E-state index in [1.165, 1.54) is 11.7 Å². The van der Waals surface area contributed by atoms with Gasteiger partial charge >= 0.3 is 6.18 Å². The molecule has 1 atom stereocenters. The molecule has 1 rings (SSSR count). The third kappa shape index (κ3) is 4.75. The van der Waals surface area contributed by atoms with Crippen LogP contribution < -0.4 is 11.2 Å². The second-order valence-electron chi connectivity index (χ2n) is 3.54. The van der Waals surface area contributed by atoms with Crippen molar-refractivity contribution in [2.24, 2.45) is 10.1 Å². The first-order chi connectivity index (χ1) is 8.64. The zero-order valence-corrected chi connectivity index (χ0v) is 10.5. The van der Waals surface area contributed by atoms with Crippen LogP contribution in [0.2, 0.25) is 0 Å². The molecule has 0 aromatic carbocycles. The van der Waals surface area contributed by atoms with Crippen LogP contribution >= 0.6 is 0 Å². The van der Waals surface area contributed by atoms with E-state index in [1.54, 1.807) is 0 Å². The Morgan fingerprint density at radius 3 is 2.63 bits per heavy atom. The van der Waals surface area contributed by atoms with Gasteiger partial charge in [-0.1, -0.05) is 6.07 Å². The summed E-state index contributed by atoms with van der Waals surface area (Å²) in [7, 11) is -2.95. The molecule has 0 saturated heterocycles. The first-order valence-corrected chi connectivity index (χ1v) is 6.75. The predicted octanol–water partition coefficient (Wildman–Crippen LogP) is 0.373. The van der Waals surface area contributed by atoms with Gasteiger partial charge in [0.05, 0.1) is 9.71 Å². The molecule has 0 saturated carbocycles. The van der Waals surface area contributed by atoms with Crippen molar-refractivity contribution < 1.29 is 22.6 Å². The summed E-state index contributed by atoms with van der Waals surface area (Å²) in [5, 5.41) is 9.51. The van der Waals surface area contributed by atoms with E-state index in [-0.39, 0.29) is 5.56 Å². The molecule has 0 aliphatic carbocycles. The standard InChI is InChI=1S/C9H11F3N4O2S/c1-19(18,16-8(13)15-17)5-6-2-3-7(14-4-6)9(10,11)12/h2-5,17H,1H3,(H3,13,15,16,18). The fraction of sp³-hybridized carbons (Fsp3) is 0.222. The SMILES string of the molecule is CS(=O)(=Cc1ccc(C(F)(F)F)nc1)N=C(N)NO. The van der Waals surface area contributed by atoms with Crippen molar-refractivity contribution >= 4 is 21.0 Å². The van der Waals surface area contributed by atoms with Crippen molar-refractivity contribution in [2.45, 2.75) is 6.18 Å². The van der Waals surface area contributed by atoms with Crippen molar-refractivity contribution in [1.29, 1.82) is 0 Å². The van der Waals surface area contributed by atoms with E-state index >= 15 is 0 Å². The molecule has 0 aliphatic heterocycles. The van der Waals surface area contributed by atoms with Gasteiger partial charge in [0.1, 0.15) is 5.69 Å². The summed E-state index contributed by atoms with van der Waals surface area (Å²) in [5.41, 5.74) is 5.76. The summed E-state index contributed by atoms with van der Waals surface area (Å²) in [5.74, 6) is -0.469. The summed E-state index contributed by atoms with van der Waals surface area (Å²) in [4.78, 5) is 3.21. The van der Waals surface area contributed by atoms with E-state index in [4.69, 9.17) is 10.9 Å². The third-order valence-electron chi connectivity index (χ3n) is 1.83. The molecule has 0 aliphatic rings. The van der Waals surface area contributed by atoms with Gasteiger partial charge < -0.3 is 5.73 Å². The fourth-order valence-electron chi connectivity index (χ4n) is 1.14. The van der Waals surface area contributed by atoms with E-state index < -0.39 is 27.5 Å². The molecule has 1 aromatic heterocycles. The Bertz CT molecular complexity index is 588. The summed E-state index contributed by atoms with van der Waals surface area (Å²) in [6, 6.07) is 1.87. The van der Waals surface area contributed by atoms with Gasteiger partial charge in [-0.25, -0.2) is 9.69 Å². The smallest absolute Gasteiger partial charge is 0.367 e. The van der Waals surface area contributed by atoms with E-state index in [1.807, 2.05) is 0 Å². The number of alkyl halides is 3. The maximum atomic E-state index is 12.3. The fourth-order valence-corrected chi connectivity index (χ4v) is 2.27. The Labute approximate surface area is 107 Å². The first-order valence-electron chi connectivity index (χ1n) is 4.77. The van der Waals surface area contributed by atoms with Crippen LogP contribution in [0.3, 0.4) is 0 Å². The van der Waals surface area contributed by atoms with Gasteiger partial charge in [0.2, 0.25) is 5.96 Å². The molecule has 1 heterocycles. The molecule has 1 aromatic rings. The summed E-state index contributed by atoms with van der Waals surface area (Å²) in [6.45, 7) is 0. The number of rotatable bonds is 2. The first kappa shape index (κ1) is 15.2. The van der Waals surface area contributed by atoms with Crippen molar-refractivity contribution in [2.75, 3.05) is 6.26 Å². The maximum Gasteiger partial charge on any atom is 0.433 e. The molecule has 6 nitrogen and oxygen atoms in total. The molecule has 106 valence electrons. The average molecular weight is 296 g/mol. The molecule has 4 N–H and O–H groups in total. The number of nitrogens with one attached hydrogen (secondary N) is 1. The Kier molecular flexibility index (Phi) is 4.37. The number of hydrogen-bond acceptors (Lipinski definition) is 3. The normalized spacial score (nSPS) is 15.7. The van der Waals surface area contributed by atoms with Gasteiger partial charge in [-0.15, -0.1) is 0 Å². The quantitative estimate of drug-likeness (QED) is 0.317. The zero-order chi connectivity index (χ0) is 14.7. The molecule has 0 spiro atoms. The predicted molar refractivity (Wildman–Crippen MR) is 65.0 cm³/mol. The van der Waals surface area contributed by atoms with Crippen LogP contribution in [0.25, 0.3) is 0 Å². The molecule has 0 bridgehead atoms. The molecule has 0 radical (unpaired) electrons. The van der Waals surface area contributed by atoms with E-state index in [0.29, 0.717) is 0 Å². The Morgan fingerprint density at radius 2 is 2.21 bits per heavy atom. The molecule has 19 heavy (non-hydrogen) atoms. The second-order valence-corrected chi connectivity index (χ2v) is 5.68. The van der Waals surface area contributed by atoms with E-state index in [2.05, 4.69) is 9.38 Å². The molecular weight excluding hydrogens is 285 g/mol. The van der Waals surface area contributed by atoms with Crippen molar-refractivity contribution in [3.8, 4) is 0 Å². The topological polar surface area (TPSA) is 101 Å². The number of hydroxylamine groups is 1. The summed E-state index contributed by atoms with van der Waals surface area (Å²) < 4.78 is 52.1. The van der Waals surface area contributed by atoms with E-state index in [0.717, 1.165) is 23.7 Å². The molecule has 1 unspecified atom stereocenters. The molecular formula is C9H11F3N4O2S. The van der Waals surface area contributed by atoms with Crippen LogP contribution in [-0.2, 0) is 15.9 Å². The molecule has 10 heteroatoms. The number of halogens is 3. The van der Waals surface area contributed by atoms with Gasteiger partial charge in [0.15, 0.2) is 0 Å². The maximum absolute atomic E-state index is 12.3. The Balaban J connectivity index is 3.10. The number of nitrogens with two attached hydrogens (primary N) is 1. The highest BCUT2D eigenvalue weighted by Crippen LogP contribution is 2.26. The monoisotopic (exact) mass is 296 g/mol. The van der Waals surface area contributed by atoms with Gasteiger partial charge in [-0.2, -0.15) is 17.6 Å². The van der Waals surface area contributed by atoms with E-state index in [9.17, 15) is 17.4 Å². The lowest BCUT2D eigenvalue weighted by Crippen LogP contribution is -2.29. The van der Waals surface area contributed by atoms with Crippen LogP contribution in [0, 0.1) is 0 Å². The number of pyridine rings is 1. The highest BCUT2D eigenvalue weighted by molar-refractivity contribution is 7.99. The lowest BCUT2D eigenvalue weighted by atomic mass is 10.3. The summed E-state index contributed by atoms with van der Waals surface area (Å²) in [6.07, 6.45) is -2.41. The molecule has 0 fully saturated rings. The zero-order valence-electron chi connectivity index (χ0n) is 9.68. The van der Waals surface area contributed by atoms with Crippen LogP contribution in [0.15, 0.2) is 22.7 Å². The van der Waals surface area contributed by atoms with Crippen molar-refractivity contribution in [3.63, 3.8) is 0 Å². The summed E-state index contributed by atoms with van der Waals surface area (Å²) >= 11 is 0. The van der Waals surface area contributed by atoms with Crippen LogP contribution in [-0.4, -0.2) is 32.0 Å². The van der Waals surface area contributed by atoms with Crippen molar-refractivity contribution in [3.05, 3.63) is 29.6 Å². The number of aromatic nitrogens is 1. The van der Waals surface area contributed by atoms with Crippen molar-refractivity contribution in [1.82, 2.24) is 10.5 Å². The average Bonchev–Trinajstić information content (AvgIpc) is 2.27. The second kappa shape index (κ2) is 5.45. The highest BCUT2D eigenvalue weighted by atomic mass is 32.2. The Hall–Kier alpha value is -1.81. The number of nitrogens with zero attached hydrogens (tertiary/aromatic N) is 2.